The molecule has 0 radical (unpaired) electrons. The second kappa shape index (κ2) is 6.63. The van der Waals surface area contributed by atoms with E-state index in [0.717, 1.165) is 32.8 Å². The summed E-state index contributed by atoms with van der Waals surface area (Å²) in [4.78, 5) is 14.2. The predicted molar refractivity (Wildman–Crippen MR) is 70.7 cm³/mol. The van der Waals surface area contributed by atoms with Crippen molar-refractivity contribution < 1.29 is 13.9 Å². The zero-order valence-corrected chi connectivity index (χ0v) is 11.1. The molecule has 1 saturated heterocycles. The highest BCUT2D eigenvalue weighted by molar-refractivity contribution is 5.95. The summed E-state index contributed by atoms with van der Waals surface area (Å²) in [6, 6.07) is 4.20. The lowest BCUT2D eigenvalue weighted by Crippen LogP contribution is -2.41. The van der Waals surface area contributed by atoms with Gasteiger partial charge in [-0.2, -0.15) is 0 Å². The van der Waals surface area contributed by atoms with Gasteiger partial charge in [0.1, 0.15) is 5.82 Å². The smallest absolute Gasteiger partial charge is 0.251 e. The lowest BCUT2D eigenvalue weighted by atomic mass is 10.1. The summed E-state index contributed by atoms with van der Waals surface area (Å²) in [5.74, 6) is -0.465. The highest BCUT2D eigenvalue weighted by Crippen LogP contribution is 2.09. The Kier molecular flexibility index (Phi) is 4.87. The maximum Gasteiger partial charge on any atom is 0.251 e. The molecular formula is C14H19FN2O2. The molecule has 1 heterocycles. The van der Waals surface area contributed by atoms with Crippen molar-refractivity contribution in [2.24, 2.45) is 0 Å². The van der Waals surface area contributed by atoms with Crippen LogP contribution in [-0.4, -0.2) is 50.2 Å². The van der Waals surface area contributed by atoms with Crippen molar-refractivity contribution >= 4 is 5.91 Å². The number of rotatable bonds is 4. The minimum Gasteiger partial charge on any atom is -0.379 e. The molecule has 1 N–H and O–H groups in total. The van der Waals surface area contributed by atoms with Crippen molar-refractivity contribution in [1.29, 1.82) is 0 Å². The third-order valence-electron chi connectivity index (χ3n) is 3.25. The molecule has 2 rings (SSSR count). The second-order valence-corrected chi connectivity index (χ2v) is 4.67. The molecule has 0 aliphatic carbocycles. The molecule has 1 fully saturated rings. The number of halogens is 1. The Hall–Kier alpha value is -1.46. The number of morpholine rings is 1. The standard InChI is InChI=1S/C14H19FN2O2/c1-11-10-12(15)2-3-13(11)14(18)16-4-5-17-6-8-19-9-7-17/h2-3,10H,4-9H2,1H3,(H,16,18). The van der Waals surface area contributed by atoms with Crippen LogP contribution in [0.3, 0.4) is 0 Å². The molecule has 4 nitrogen and oxygen atoms in total. The molecule has 0 bridgehead atoms. The second-order valence-electron chi connectivity index (χ2n) is 4.67. The van der Waals surface area contributed by atoms with Gasteiger partial charge in [-0.15, -0.1) is 0 Å². The first-order valence-corrected chi connectivity index (χ1v) is 6.51. The first kappa shape index (κ1) is 14.0. The largest absolute Gasteiger partial charge is 0.379 e. The van der Waals surface area contributed by atoms with Gasteiger partial charge in [-0.25, -0.2) is 4.39 Å². The lowest BCUT2D eigenvalue weighted by molar-refractivity contribution is 0.0383. The molecule has 0 saturated carbocycles. The highest BCUT2D eigenvalue weighted by atomic mass is 19.1. The van der Waals surface area contributed by atoms with Crippen molar-refractivity contribution in [3.8, 4) is 0 Å². The molecule has 1 aliphatic heterocycles. The molecule has 0 unspecified atom stereocenters. The fraction of sp³-hybridized carbons (Fsp3) is 0.500. The highest BCUT2D eigenvalue weighted by Gasteiger charge is 2.12. The molecule has 5 heteroatoms. The van der Waals surface area contributed by atoms with Crippen LogP contribution in [-0.2, 0) is 4.74 Å². The van der Waals surface area contributed by atoms with Gasteiger partial charge in [0.05, 0.1) is 13.2 Å². The van der Waals surface area contributed by atoms with Gasteiger partial charge in [0.25, 0.3) is 5.91 Å². The fourth-order valence-corrected chi connectivity index (χ4v) is 2.13. The average molecular weight is 266 g/mol. The molecule has 1 aromatic carbocycles. The molecule has 0 atom stereocenters. The van der Waals surface area contributed by atoms with E-state index in [2.05, 4.69) is 10.2 Å². The topological polar surface area (TPSA) is 41.6 Å². The Bertz CT molecular complexity index is 445. The van der Waals surface area contributed by atoms with Crippen molar-refractivity contribution in [2.75, 3.05) is 39.4 Å². The van der Waals surface area contributed by atoms with Gasteiger partial charge in [0.2, 0.25) is 0 Å². The third kappa shape index (κ3) is 4.01. The van der Waals surface area contributed by atoms with E-state index in [1.807, 2.05) is 0 Å². The van der Waals surface area contributed by atoms with Crippen molar-refractivity contribution in [3.05, 3.63) is 35.1 Å². The molecular weight excluding hydrogens is 247 g/mol. The van der Waals surface area contributed by atoms with Crippen LogP contribution in [0.15, 0.2) is 18.2 Å². The van der Waals surface area contributed by atoms with Gasteiger partial charge in [-0.3, -0.25) is 9.69 Å². The van der Waals surface area contributed by atoms with Crippen LogP contribution in [0.25, 0.3) is 0 Å². The number of hydrogen-bond donors (Lipinski definition) is 1. The Morgan fingerprint density at radius 2 is 2.16 bits per heavy atom. The van der Waals surface area contributed by atoms with E-state index < -0.39 is 0 Å². The molecule has 0 aromatic heterocycles. The van der Waals surface area contributed by atoms with Crippen LogP contribution in [0.2, 0.25) is 0 Å². The summed E-state index contributed by atoms with van der Waals surface area (Å²) in [5, 5.41) is 2.86. The van der Waals surface area contributed by atoms with Crippen LogP contribution in [0.4, 0.5) is 4.39 Å². The summed E-state index contributed by atoms with van der Waals surface area (Å²) >= 11 is 0. The number of nitrogens with zero attached hydrogens (tertiary/aromatic N) is 1. The minimum absolute atomic E-state index is 0.147. The van der Waals surface area contributed by atoms with Crippen molar-refractivity contribution in [2.45, 2.75) is 6.92 Å². The number of carbonyl (C=O) groups is 1. The zero-order valence-electron chi connectivity index (χ0n) is 11.1. The number of nitrogens with one attached hydrogen (secondary N) is 1. The van der Waals surface area contributed by atoms with Crippen LogP contribution >= 0.6 is 0 Å². The monoisotopic (exact) mass is 266 g/mol. The first-order valence-electron chi connectivity index (χ1n) is 6.51. The Labute approximate surface area is 112 Å². The average Bonchev–Trinajstić information content (AvgIpc) is 2.39. The van der Waals surface area contributed by atoms with Crippen molar-refractivity contribution in [3.63, 3.8) is 0 Å². The summed E-state index contributed by atoms with van der Waals surface area (Å²) in [6.45, 7) is 6.47. The Morgan fingerprint density at radius 1 is 1.42 bits per heavy atom. The Balaban J connectivity index is 1.80. The number of ether oxygens (including phenoxy) is 1. The van der Waals surface area contributed by atoms with Crippen LogP contribution in [0.5, 0.6) is 0 Å². The van der Waals surface area contributed by atoms with E-state index in [-0.39, 0.29) is 11.7 Å². The van der Waals surface area contributed by atoms with E-state index in [0.29, 0.717) is 17.7 Å². The third-order valence-corrected chi connectivity index (χ3v) is 3.25. The number of aryl methyl sites for hydroxylation is 1. The Morgan fingerprint density at radius 3 is 2.84 bits per heavy atom. The van der Waals surface area contributed by atoms with Gasteiger partial charge >= 0.3 is 0 Å². The number of amides is 1. The van der Waals surface area contributed by atoms with Gasteiger partial charge in [0.15, 0.2) is 0 Å². The van der Waals surface area contributed by atoms with E-state index in [9.17, 15) is 9.18 Å². The normalized spacial score (nSPS) is 16.3. The summed E-state index contributed by atoms with van der Waals surface area (Å²) in [7, 11) is 0. The molecule has 1 aliphatic rings. The van der Waals surface area contributed by atoms with Crippen LogP contribution < -0.4 is 5.32 Å². The van der Waals surface area contributed by atoms with Gasteiger partial charge < -0.3 is 10.1 Å². The first-order chi connectivity index (χ1) is 9.16. The maximum absolute atomic E-state index is 13.0. The van der Waals surface area contributed by atoms with Crippen LogP contribution in [0.1, 0.15) is 15.9 Å². The predicted octanol–water partition coefficient (Wildman–Crippen LogP) is 1.20. The summed E-state index contributed by atoms with van der Waals surface area (Å²) in [5.41, 5.74) is 1.19. The van der Waals surface area contributed by atoms with Gasteiger partial charge in [-0.05, 0) is 30.7 Å². The number of benzene rings is 1. The SMILES string of the molecule is Cc1cc(F)ccc1C(=O)NCCN1CCOCC1. The van der Waals surface area contributed by atoms with E-state index in [1.54, 1.807) is 6.92 Å². The molecule has 104 valence electrons. The quantitative estimate of drug-likeness (QED) is 0.890. The zero-order chi connectivity index (χ0) is 13.7. The molecule has 0 spiro atoms. The van der Waals surface area contributed by atoms with Crippen molar-refractivity contribution in [1.82, 2.24) is 10.2 Å². The molecule has 1 amide bonds. The van der Waals surface area contributed by atoms with Gasteiger partial charge in [0, 0.05) is 31.7 Å². The van der Waals surface area contributed by atoms with E-state index in [1.165, 1.54) is 18.2 Å². The molecule has 19 heavy (non-hydrogen) atoms. The lowest BCUT2D eigenvalue weighted by Gasteiger charge is -2.26. The minimum atomic E-state index is -0.317. The summed E-state index contributed by atoms with van der Waals surface area (Å²) < 4.78 is 18.2. The van der Waals surface area contributed by atoms with Crippen LogP contribution in [0, 0.1) is 12.7 Å². The number of carbonyl (C=O) groups excluding carboxylic acids is 1. The van der Waals surface area contributed by atoms with Gasteiger partial charge in [-0.1, -0.05) is 0 Å². The molecule has 1 aromatic rings. The number of hydrogen-bond acceptors (Lipinski definition) is 3. The van der Waals surface area contributed by atoms with E-state index >= 15 is 0 Å². The fourth-order valence-electron chi connectivity index (χ4n) is 2.13. The summed E-state index contributed by atoms with van der Waals surface area (Å²) in [6.07, 6.45) is 0. The van der Waals surface area contributed by atoms with E-state index in [4.69, 9.17) is 4.74 Å². The maximum atomic E-state index is 13.0.